The lowest BCUT2D eigenvalue weighted by Gasteiger charge is -2.19. The molecule has 1 amide bonds. The Balaban J connectivity index is 2.54. The molecule has 27 heavy (non-hydrogen) atoms. The second-order valence-corrected chi connectivity index (χ2v) is 9.94. The smallest absolute Gasteiger partial charge is 0.326 e. The van der Waals surface area contributed by atoms with Gasteiger partial charge >= 0.3 is 6.18 Å². The molecule has 0 heterocycles. The molecule has 0 fully saturated rings. The van der Waals surface area contributed by atoms with E-state index in [4.69, 9.17) is 0 Å². The van der Waals surface area contributed by atoms with E-state index in [0.29, 0.717) is 24.1 Å². The molecular formula is C18H27F3N2O3S. The zero-order chi connectivity index (χ0) is 21.0. The summed E-state index contributed by atoms with van der Waals surface area (Å²) in [6.07, 6.45) is -3.35. The van der Waals surface area contributed by atoms with Crippen LogP contribution >= 0.6 is 0 Å². The summed E-state index contributed by atoms with van der Waals surface area (Å²) in [5, 5.41) is 2.62. The molecule has 0 aliphatic rings. The van der Waals surface area contributed by atoms with E-state index >= 15 is 0 Å². The summed E-state index contributed by atoms with van der Waals surface area (Å²) < 4.78 is 64.0. The fourth-order valence-corrected chi connectivity index (χ4v) is 3.16. The topological polar surface area (TPSA) is 75.3 Å². The minimum atomic E-state index is -4.43. The predicted octanol–water partition coefficient (Wildman–Crippen LogP) is 4.15. The summed E-state index contributed by atoms with van der Waals surface area (Å²) in [5.74, 6) is -0.323. The summed E-state index contributed by atoms with van der Waals surface area (Å²) in [5.41, 5.74) is 0.0797. The fourth-order valence-electron chi connectivity index (χ4n) is 2.31. The number of carbonyl (C=O) groups is 1. The van der Waals surface area contributed by atoms with Crippen molar-refractivity contribution in [1.82, 2.24) is 4.72 Å². The molecule has 2 N–H and O–H groups in total. The predicted molar refractivity (Wildman–Crippen MR) is 100 cm³/mol. The molecule has 0 radical (unpaired) electrons. The molecule has 9 heteroatoms. The Kier molecular flexibility index (Phi) is 7.46. The molecule has 1 aromatic carbocycles. The number of nitrogens with one attached hydrogen (secondary N) is 2. The van der Waals surface area contributed by atoms with Gasteiger partial charge in [0.15, 0.2) is 0 Å². The highest BCUT2D eigenvalue weighted by atomic mass is 32.2. The van der Waals surface area contributed by atoms with Crippen molar-refractivity contribution in [2.75, 3.05) is 11.9 Å². The summed E-state index contributed by atoms with van der Waals surface area (Å²) >= 11 is 0. The standard InChI is InChI=1S/C18H27F3N2O3S/c1-12-13(2)15(10-9-14(12)18(19,20)21)23-16(24)8-6-7-11-22-27(25,26)17(3,4)5/h9-10,22H,6-8,11H2,1-5H3,(H,23,24). The minimum absolute atomic E-state index is 0.0805. The number of hydrogen-bond acceptors (Lipinski definition) is 3. The SMILES string of the molecule is Cc1c(NC(=O)CCCCNS(=O)(=O)C(C)(C)C)ccc(C(F)(F)F)c1C. The van der Waals surface area contributed by atoms with E-state index in [1.807, 2.05) is 0 Å². The van der Waals surface area contributed by atoms with E-state index in [1.165, 1.54) is 19.9 Å². The van der Waals surface area contributed by atoms with Gasteiger partial charge in [-0.3, -0.25) is 4.79 Å². The van der Waals surface area contributed by atoms with Gasteiger partial charge in [-0.2, -0.15) is 13.2 Å². The summed E-state index contributed by atoms with van der Waals surface area (Å²) in [6.45, 7) is 7.91. The van der Waals surface area contributed by atoms with Crippen molar-refractivity contribution in [3.63, 3.8) is 0 Å². The first-order valence-electron chi connectivity index (χ1n) is 8.63. The number of anilines is 1. The van der Waals surface area contributed by atoms with Gasteiger partial charge in [0.1, 0.15) is 0 Å². The average Bonchev–Trinajstić information content (AvgIpc) is 2.49. The second kappa shape index (κ2) is 8.60. The number of amides is 1. The third-order valence-electron chi connectivity index (χ3n) is 4.30. The number of halogens is 3. The normalized spacial score (nSPS) is 12.9. The largest absolute Gasteiger partial charge is 0.416 e. The molecular weight excluding hydrogens is 381 g/mol. The Morgan fingerprint density at radius 2 is 1.63 bits per heavy atom. The van der Waals surface area contributed by atoms with Crippen molar-refractivity contribution < 1.29 is 26.4 Å². The number of hydrogen-bond donors (Lipinski definition) is 2. The molecule has 0 saturated heterocycles. The van der Waals surface area contributed by atoms with Crippen LogP contribution in [0.5, 0.6) is 0 Å². The first kappa shape index (κ1) is 23.4. The number of benzene rings is 1. The van der Waals surface area contributed by atoms with Crippen molar-refractivity contribution in [3.8, 4) is 0 Å². The number of alkyl halides is 3. The molecule has 0 saturated carbocycles. The maximum absolute atomic E-state index is 12.9. The van der Waals surface area contributed by atoms with Gasteiger partial charge < -0.3 is 5.32 Å². The molecule has 0 atom stereocenters. The first-order chi connectivity index (χ1) is 12.2. The van der Waals surface area contributed by atoms with Crippen LogP contribution in [0.4, 0.5) is 18.9 Å². The van der Waals surface area contributed by atoms with E-state index in [9.17, 15) is 26.4 Å². The Morgan fingerprint density at radius 1 is 1.04 bits per heavy atom. The molecule has 0 aliphatic carbocycles. The van der Waals surface area contributed by atoms with Crippen LogP contribution in [0.15, 0.2) is 12.1 Å². The van der Waals surface area contributed by atoms with Crippen LogP contribution in [0.3, 0.4) is 0 Å². The third-order valence-corrected chi connectivity index (χ3v) is 6.49. The molecule has 0 aliphatic heterocycles. The van der Waals surface area contributed by atoms with E-state index in [1.54, 1.807) is 20.8 Å². The van der Waals surface area contributed by atoms with Gasteiger partial charge in [-0.15, -0.1) is 0 Å². The van der Waals surface area contributed by atoms with E-state index in [-0.39, 0.29) is 24.4 Å². The van der Waals surface area contributed by atoms with Gasteiger partial charge in [-0.05, 0) is 70.7 Å². The lowest BCUT2D eigenvalue weighted by atomic mass is 10.0. The zero-order valence-corrected chi connectivity index (χ0v) is 17.1. The highest BCUT2D eigenvalue weighted by molar-refractivity contribution is 7.90. The summed E-state index contributed by atoms with van der Waals surface area (Å²) in [4.78, 5) is 12.0. The molecule has 1 rings (SSSR count). The van der Waals surface area contributed by atoms with Crippen LogP contribution in [0.1, 0.15) is 56.7 Å². The van der Waals surface area contributed by atoms with Crippen molar-refractivity contribution in [2.24, 2.45) is 0 Å². The molecule has 5 nitrogen and oxygen atoms in total. The quantitative estimate of drug-likeness (QED) is 0.666. The molecule has 0 spiro atoms. The monoisotopic (exact) mass is 408 g/mol. The van der Waals surface area contributed by atoms with Crippen LogP contribution in [0.2, 0.25) is 0 Å². The number of unbranched alkanes of at least 4 members (excludes halogenated alkanes) is 1. The van der Waals surface area contributed by atoms with Gasteiger partial charge in [0, 0.05) is 18.7 Å². The molecule has 0 bridgehead atoms. The van der Waals surface area contributed by atoms with Crippen LogP contribution in [-0.4, -0.2) is 25.6 Å². The maximum atomic E-state index is 12.9. The fraction of sp³-hybridized carbons (Fsp3) is 0.611. The molecule has 0 aromatic heterocycles. The Hall–Kier alpha value is -1.61. The molecule has 154 valence electrons. The van der Waals surface area contributed by atoms with Crippen molar-refractivity contribution >= 4 is 21.6 Å². The zero-order valence-electron chi connectivity index (χ0n) is 16.3. The Bertz CT molecular complexity index is 782. The maximum Gasteiger partial charge on any atom is 0.416 e. The Morgan fingerprint density at radius 3 is 2.15 bits per heavy atom. The van der Waals surface area contributed by atoms with E-state index in [0.717, 1.165) is 6.07 Å². The number of rotatable bonds is 7. The average molecular weight is 408 g/mol. The summed E-state index contributed by atoms with van der Waals surface area (Å²) in [6, 6.07) is 2.21. The lowest BCUT2D eigenvalue weighted by Crippen LogP contribution is -2.39. The Labute approximate surface area is 158 Å². The van der Waals surface area contributed by atoms with Crippen molar-refractivity contribution in [3.05, 3.63) is 28.8 Å². The second-order valence-electron chi connectivity index (χ2n) is 7.42. The van der Waals surface area contributed by atoms with Crippen molar-refractivity contribution in [2.45, 2.75) is 64.8 Å². The van der Waals surface area contributed by atoms with Gasteiger partial charge in [0.2, 0.25) is 15.9 Å². The minimum Gasteiger partial charge on any atom is -0.326 e. The van der Waals surface area contributed by atoms with Crippen LogP contribution in [0.25, 0.3) is 0 Å². The van der Waals surface area contributed by atoms with Crippen LogP contribution in [-0.2, 0) is 21.0 Å². The van der Waals surface area contributed by atoms with Crippen molar-refractivity contribution in [1.29, 1.82) is 0 Å². The van der Waals surface area contributed by atoms with E-state index < -0.39 is 26.5 Å². The van der Waals surface area contributed by atoms with Gasteiger partial charge in [0.25, 0.3) is 0 Å². The van der Waals surface area contributed by atoms with Crippen LogP contribution in [0, 0.1) is 13.8 Å². The van der Waals surface area contributed by atoms with Gasteiger partial charge in [0.05, 0.1) is 10.3 Å². The van der Waals surface area contributed by atoms with Gasteiger partial charge in [-0.25, -0.2) is 13.1 Å². The number of sulfonamides is 1. The number of carbonyl (C=O) groups excluding carboxylic acids is 1. The van der Waals surface area contributed by atoms with Crippen LogP contribution < -0.4 is 10.0 Å². The third kappa shape index (κ3) is 6.49. The highest BCUT2D eigenvalue weighted by Crippen LogP contribution is 2.35. The lowest BCUT2D eigenvalue weighted by molar-refractivity contribution is -0.138. The van der Waals surface area contributed by atoms with Gasteiger partial charge in [-0.1, -0.05) is 0 Å². The first-order valence-corrected chi connectivity index (χ1v) is 10.1. The van der Waals surface area contributed by atoms with E-state index in [2.05, 4.69) is 10.0 Å². The molecule has 0 unspecified atom stereocenters. The molecule has 1 aromatic rings. The highest BCUT2D eigenvalue weighted by Gasteiger charge is 2.33. The summed E-state index contributed by atoms with van der Waals surface area (Å²) in [7, 11) is -3.42.